The van der Waals surface area contributed by atoms with Crippen LogP contribution in [0.3, 0.4) is 0 Å². The smallest absolute Gasteiger partial charge is 0.168 e. The van der Waals surface area contributed by atoms with Gasteiger partial charge in [0.2, 0.25) is 0 Å². The molecule has 140 valence electrons. The van der Waals surface area contributed by atoms with Crippen molar-refractivity contribution >= 4 is 21.4 Å². The molecule has 5 rings (SSSR count). The maximum atomic E-state index is 14.3. The Labute approximate surface area is 164 Å². The van der Waals surface area contributed by atoms with E-state index in [1.807, 2.05) is 24.3 Å². The zero-order valence-electron chi connectivity index (χ0n) is 15.2. The van der Waals surface area contributed by atoms with Crippen molar-refractivity contribution in [2.45, 2.75) is 25.3 Å². The predicted molar refractivity (Wildman–Crippen MR) is 108 cm³/mol. The highest BCUT2D eigenvalue weighted by Gasteiger charge is 2.41. The van der Waals surface area contributed by atoms with Gasteiger partial charge in [-0.2, -0.15) is 0 Å². The van der Waals surface area contributed by atoms with E-state index in [4.69, 9.17) is 5.73 Å². The lowest BCUT2D eigenvalue weighted by molar-refractivity contribution is 0.616. The largest absolute Gasteiger partial charge is 0.321 e. The van der Waals surface area contributed by atoms with Crippen LogP contribution in [-0.2, 0) is 5.54 Å². The fourth-order valence-corrected chi connectivity index (χ4v) is 4.78. The van der Waals surface area contributed by atoms with Crippen LogP contribution in [0.5, 0.6) is 0 Å². The van der Waals surface area contributed by atoms with Gasteiger partial charge >= 0.3 is 0 Å². The molecule has 0 aliphatic heterocycles. The predicted octanol–water partition coefficient (Wildman–Crippen LogP) is 5.56. The molecule has 0 spiro atoms. The molecule has 3 nitrogen and oxygen atoms in total. The molecule has 0 unspecified atom stereocenters. The van der Waals surface area contributed by atoms with Gasteiger partial charge in [0.15, 0.2) is 5.82 Å². The molecule has 0 amide bonds. The fraction of sp³-hybridized carbons (Fsp3) is 0.182. The summed E-state index contributed by atoms with van der Waals surface area (Å²) in [5.41, 5.74) is 9.02. The number of halogens is 2. The van der Waals surface area contributed by atoms with Crippen LogP contribution >= 0.6 is 11.3 Å². The van der Waals surface area contributed by atoms with Crippen LogP contribution in [0.4, 0.5) is 8.78 Å². The number of hydrogen-bond acceptors (Lipinski definition) is 4. The van der Waals surface area contributed by atoms with Gasteiger partial charge in [-0.05, 0) is 60.0 Å². The molecule has 1 fully saturated rings. The summed E-state index contributed by atoms with van der Waals surface area (Å²) in [6.45, 7) is 1.73. The molecular weight excluding hydrogens is 376 g/mol. The Bertz CT molecular complexity index is 1230. The number of fused-ring (bicyclic) bond motifs is 1. The average Bonchev–Trinajstić information content (AvgIpc) is 3.27. The Hall–Kier alpha value is -2.70. The van der Waals surface area contributed by atoms with Crippen LogP contribution in [0, 0.1) is 18.6 Å². The first-order chi connectivity index (χ1) is 13.4. The van der Waals surface area contributed by atoms with Crippen molar-refractivity contribution < 1.29 is 8.78 Å². The van der Waals surface area contributed by atoms with Gasteiger partial charge in [0.25, 0.3) is 0 Å². The van der Waals surface area contributed by atoms with Crippen LogP contribution in [0.1, 0.15) is 24.2 Å². The summed E-state index contributed by atoms with van der Waals surface area (Å²) >= 11 is 1.45. The first-order valence-electron chi connectivity index (χ1n) is 9.06. The van der Waals surface area contributed by atoms with Crippen LogP contribution < -0.4 is 5.73 Å². The van der Waals surface area contributed by atoms with E-state index in [-0.39, 0.29) is 17.1 Å². The fourth-order valence-electron chi connectivity index (χ4n) is 3.60. The first-order valence-corrected chi connectivity index (χ1v) is 9.88. The molecule has 0 bridgehead atoms. The third kappa shape index (κ3) is 2.80. The minimum Gasteiger partial charge on any atom is -0.321 e. The molecule has 2 N–H and O–H groups in total. The summed E-state index contributed by atoms with van der Waals surface area (Å²) in [5, 5.41) is 0.963. The molecule has 1 aliphatic rings. The second kappa shape index (κ2) is 6.15. The first kappa shape index (κ1) is 17.4. The number of nitrogens with zero attached hydrogens (tertiary/aromatic N) is 2. The van der Waals surface area contributed by atoms with E-state index in [1.165, 1.54) is 23.6 Å². The van der Waals surface area contributed by atoms with E-state index in [2.05, 4.69) is 9.97 Å². The van der Waals surface area contributed by atoms with Crippen molar-refractivity contribution in [1.29, 1.82) is 0 Å². The van der Waals surface area contributed by atoms with Crippen LogP contribution in [0.25, 0.3) is 31.8 Å². The number of rotatable bonds is 3. The highest BCUT2D eigenvalue weighted by Crippen LogP contribution is 2.48. The number of thiophene rings is 1. The minimum atomic E-state index is -0.455. The second-order valence-corrected chi connectivity index (χ2v) is 8.35. The van der Waals surface area contributed by atoms with Crippen molar-refractivity contribution in [1.82, 2.24) is 9.97 Å². The topological polar surface area (TPSA) is 51.8 Å². The molecule has 1 saturated carbocycles. The quantitative estimate of drug-likeness (QED) is 0.496. The van der Waals surface area contributed by atoms with Gasteiger partial charge in [-0.15, -0.1) is 11.3 Å². The molecule has 0 saturated heterocycles. The van der Waals surface area contributed by atoms with Crippen molar-refractivity contribution in [2.75, 3.05) is 0 Å². The molecule has 6 heteroatoms. The van der Waals surface area contributed by atoms with Gasteiger partial charge in [0.1, 0.15) is 17.3 Å². The summed E-state index contributed by atoms with van der Waals surface area (Å²) < 4.78 is 29.4. The molecule has 2 aromatic heterocycles. The van der Waals surface area contributed by atoms with Gasteiger partial charge in [0.05, 0.1) is 11.1 Å². The van der Waals surface area contributed by atoms with Gasteiger partial charge in [-0.3, -0.25) is 0 Å². The highest BCUT2D eigenvalue weighted by atomic mass is 32.1. The standard InChI is InChI=1S/C22H17F2N3S/c1-12-26-11-18(24)20(27-12)19-9-13-3-2-4-15(21(13)28-19)16-10-14(23)5-6-17(16)22(25)7-8-22/h2-6,9-11H,7-8,25H2,1H3. The third-order valence-corrected chi connectivity index (χ3v) is 6.43. The van der Waals surface area contributed by atoms with E-state index >= 15 is 0 Å². The van der Waals surface area contributed by atoms with E-state index in [1.54, 1.807) is 19.1 Å². The van der Waals surface area contributed by atoms with Crippen molar-refractivity contribution in [2.24, 2.45) is 5.73 Å². The third-order valence-electron chi connectivity index (χ3n) is 5.24. The Balaban J connectivity index is 1.74. The normalized spacial score (nSPS) is 15.1. The summed E-state index contributed by atoms with van der Waals surface area (Å²) in [6.07, 6.45) is 2.98. The maximum absolute atomic E-state index is 14.3. The highest BCUT2D eigenvalue weighted by molar-refractivity contribution is 7.22. The average molecular weight is 393 g/mol. The number of benzene rings is 2. The van der Waals surface area contributed by atoms with Gasteiger partial charge in [-0.1, -0.05) is 24.3 Å². The number of nitrogens with two attached hydrogens (primary N) is 1. The van der Waals surface area contributed by atoms with E-state index in [0.29, 0.717) is 5.82 Å². The van der Waals surface area contributed by atoms with Crippen molar-refractivity contribution in [3.05, 3.63) is 71.7 Å². The lowest BCUT2D eigenvalue weighted by Gasteiger charge is -2.16. The SMILES string of the molecule is Cc1ncc(F)c(-c2cc3cccc(-c4cc(F)ccc4C4(N)CC4)c3s2)n1. The van der Waals surface area contributed by atoms with Crippen LogP contribution in [-0.4, -0.2) is 9.97 Å². The second-order valence-electron chi connectivity index (χ2n) is 7.29. The minimum absolute atomic E-state index is 0.289. The zero-order chi connectivity index (χ0) is 19.5. The molecule has 0 radical (unpaired) electrons. The lowest BCUT2D eigenvalue weighted by atomic mass is 9.93. The van der Waals surface area contributed by atoms with Gasteiger partial charge in [0, 0.05) is 10.2 Å². The van der Waals surface area contributed by atoms with E-state index in [9.17, 15) is 8.78 Å². The number of aromatic nitrogens is 2. The molecule has 2 heterocycles. The molecule has 2 aromatic carbocycles. The van der Waals surface area contributed by atoms with Crippen LogP contribution in [0.2, 0.25) is 0 Å². The summed E-state index contributed by atoms with van der Waals surface area (Å²) in [5.74, 6) is -0.237. The molecule has 0 atom stereocenters. The van der Waals surface area contributed by atoms with Gasteiger partial charge < -0.3 is 5.73 Å². The van der Waals surface area contributed by atoms with Crippen molar-refractivity contribution in [3.63, 3.8) is 0 Å². The Morgan fingerprint density at radius 2 is 1.89 bits per heavy atom. The van der Waals surface area contributed by atoms with Crippen molar-refractivity contribution in [3.8, 4) is 21.7 Å². The van der Waals surface area contributed by atoms with Gasteiger partial charge in [-0.25, -0.2) is 18.7 Å². The number of hydrogen-bond donors (Lipinski definition) is 1. The molecular formula is C22H17F2N3S. The summed E-state index contributed by atoms with van der Waals surface area (Å²) in [4.78, 5) is 8.89. The van der Waals surface area contributed by atoms with Crippen LogP contribution in [0.15, 0.2) is 48.7 Å². The summed E-state index contributed by atoms with van der Waals surface area (Å²) in [6, 6.07) is 12.6. The summed E-state index contributed by atoms with van der Waals surface area (Å²) in [7, 11) is 0. The maximum Gasteiger partial charge on any atom is 0.168 e. The molecule has 4 aromatic rings. The van der Waals surface area contributed by atoms with E-state index in [0.717, 1.165) is 44.5 Å². The van der Waals surface area contributed by atoms with E-state index < -0.39 is 5.82 Å². The Morgan fingerprint density at radius 3 is 2.68 bits per heavy atom. The number of aryl methyl sites for hydroxylation is 1. The molecule has 1 aliphatic carbocycles. The zero-order valence-corrected chi connectivity index (χ0v) is 16.0. The molecule has 28 heavy (non-hydrogen) atoms. The lowest BCUT2D eigenvalue weighted by Crippen LogP contribution is -2.19. The monoisotopic (exact) mass is 393 g/mol. The Morgan fingerprint density at radius 1 is 1.07 bits per heavy atom. The Kier molecular flexibility index (Phi) is 3.82.